The fourth-order valence-corrected chi connectivity index (χ4v) is 1.52. The highest BCUT2D eigenvalue weighted by atomic mass is 14.2. The second-order valence-corrected chi connectivity index (χ2v) is 3.00. The Labute approximate surface area is 63.6 Å². The molecule has 0 bridgehead atoms. The van der Waals surface area contributed by atoms with Gasteiger partial charge in [-0.05, 0) is 25.2 Å². The summed E-state index contributed by atoms with van der Waals surface area (Å²) < 4.78 is 0. The van der Waals surface area contributed by atoms with Crippen molar-refractivity contribution in [2.24, 2.45) is 5.92 Å². The van der Waals surface area contributed by atoms with E-state index in [4.69, 9.17) is 0 Å². The maximum atomic E-state index is 3.67. The topological polar surface area (TPSA) is 0 Å². The molecule has 0 aromatic carbocycles. The van der Waals surface area contributed by atoms with Gasteiger partial charge in [0.25, 0.3) is 0 Å². The Morgan fingerprint density at radius 3 is 2.60 bits per heavy atom. The highest BCUT2D eigenvalue weighted by Crippen LogP contribution is 2.25. The van der Waals surface area contributed by atoms with Gasteiger partial charge >= 0.3 is 0 Å². The first-order valence-corrected chi connectivity index (χ1v) is 4.21. The van der Waals surface area contributed by atoms with Crippen LogP contribution in [0.1, 0.15) is 32.1 Å². The van der Waals surface area contributed by atoms with Crippen molar-refractivity contribution in [1.29, 1.82) is 0 Å². The molecule has 0 unspecified atom stereocenters. The molecule has 0 atom stereocenters. The van der Waals surface area contributed by atoms with E-state index in [2.05, 4.69) is 18.7 Å². The summed E-state index contributed by atoms with van der Waals surface area (Å²) in [5.41, 5.74) is 0. The van der Waals surface area contributed by atoms with E-state index in [9.17, 15) is 0 Å². The van der Waals surface area contributed by atoms with Crippen molar-refractivity contribution in [3.8, 4) is 0 Å². The minimum absolute atomic E-state index is 0.889. The lowest BCUT2D eigenvalue weighted by molar-refractivity contribution is 0.684. The quantitative estimate of drug-likeness (QED) is 0.522. The number of allylic oxidation sites excluding steroid dienone is 3. The molecule has 0 heterocycles. The molecule has 0 aromatic rings. The van der Waals surface area contributed by atoms with Crippen molar-refractivity contribution >= 4 is 0 Å². The third kappa shape index (κ3) is 2.38. The van der Waals surface area contributed by atoms with Gasteiger partial charge in [0.15, 0.2) is 0 Å². The summed E-state index contributed by atoms with van der Waals surface area (Å²) in [5.74, 6) is 0.889. The number of hydrogen-bond acceptors (Lipinski definition) is 0. The maximum Gasteiger partial charge on any atom is -0.0172 e. The first kappa shape index (κ1) is 7.59. The van der Waals surface area contributed by atoms with Crippen molar-refractivity contribution in [3.63, 3.8) is 0 Å². The van der Waals surface area contributed by atoms with Gasteiger partial charge in [-0.1, -0.05) is 31.1 Å². The maximum absolute atomic E-state index is 3.67. The Bertz CT molecular complexity index is 116. The van der Waals surface area contributed by atoms with E-state index in [1.54, 1.807) is 0 Å². The monoisotopic (exact) mass is 136 g/mol. The van der Waals surface area contributed by atoms with Crippen molar-refractivity contribution in [2.75, 3.05) is 0 Å². The Morgan fingerprint density at radius 2 is 2.00 bits per heavy atom. The molecule has 1 fully saturated rings. The molecular weight excluding hydrogens is 120 g/mol. The highest BCUT2D eigenvalue weighted by molar-refractivity contribution is 4.94. The second-order valence-electron chi connectivity index (χ2n) is 3.00. The van der Waals surface area contributed by atoms with E-state index >= 15 is 0 Å². The summed E-state index contributed by atoms with van der Waals surface area (Å²) in [6.45, 7) is 3.67. The second kappa shape index (κ2) is 4.32. The Kier molecular flexibility index (Phi) is 3.28. The van der Waals surface area contributed by atoms with Crippen LogP contribution in [0.25, 0.3) is 0 Å². The number of rotatable bonds is 3. The molecule has 1 rings (SSSR count). The zero-order valence-electron chi connectivity index (χ0n) is 6.55. The minimum atomic E-state index is 0.889. The van der Waals surface area contributed by atoms with Crippen LogP contribution in [0.4, 0.5) is 0 Å². The third-order valence-corrected chi connectivity index (χ3v) is 2.11. The molecule has 1 saturated carbocycles. The van der Waals surface area contributed by atoms with Gasteiger partial charge in [0, 0.05) is 0 Å². The van der Waals surface area contributed by atoms with E-state index < -0.39 is 0 Å². The first-order chi connectivity index (χ1) is 4.93. The fourth-order valence-electron chi connectivity index (χ4n) is 1.52. The lowest BCUT2D eigenvalue weighted by Crippen LogP contribution is -1.84. The molecule has 0 radical (unpaired) electrons. The molecule has 0 aromatic heterocycles. The van der Waals surface area contributed by atoms with Gasteiger partial charge < -0.3 is 0 Å². The van der Waals surface area contributed by atoms with E-state index in [1.807, 2.05) is 6.08 Å². The van der Waals surface area contributed by atoms with Gasteiger partial charge in [-0.3, -0.25) is 0 Å². The van der Waals surface area contributed by atoms with Crippen LogP contribution in [0, 0.1) is 5.92 Å². The van der Waals surface area contributed by atoms with Gasteiger partial charge in [0.1, 0.15) is 0 Å². The lowest BCUT2D eigenvalue weighted by atomic mass is 10.1. The summed E-state index contributed by atoms with van der Waals surface area (Å²) in [6, 6.07) is 0. The van der Waals surface area contributed by atoms with Crippen molar-refractivity contribution < 1.29 is 0 Å². The predicted octanol–water partition coefficient (Wildman–Crippen LogP) is 3.31. The molecule has 0 nitrogen and oxygen atoms in total. The predicted molar refractivity (Wildman–Crippen MR) is 45.9 cm³/mol. The van der Waals surface area contributed by atoms with E-state index in [-0.39, 0.29) is 0 Å². The molecule has 56 valence electrons. The first-order valence-electron chi connectivity index (χ1n) is 4.21. The molecule has 0 saturated heterocycles. The van der Waals surface area contributed by atoms with Crippen LogP contribution in [-0.2, 0) is 0 Å². The Morgan fingerprint density at radius 1 is 1.30 bits per heavy atom. The number of hydrogen-bond donors (Lipinski definition) is 0. The van der Waals surface area contributed by atoms with Crippen molar-refractivity contribution in [1.82, 2.24) is 0 Å². The van der Waals surface area contributed by atoms with Crippen LogP contribution in [0.2, 0.25) is 0 Å². The standard InChI is InChI=1S/C10H16/c1-2-3-4-7-10-8-5-6-9-10/h2,4,7,10H,1,3,5-6,8-9H2/b7-4+. The lowest BCUT2D eigenvalue weighted by Gasteiger charge is -1.97. The smallest absolute Gasteiger partial charge is 0.0172 e. The zero-order valence-corrected chi connectivity index (χ0v) is 6.55. The molecule has 0 aliphatic heterocycles. The molecule has 0 amide bonds. The van der Waals surface area contributed by atoms with Crippen LogP contribution >= 0.6 is 0 Å². The normalized spacial score (nSPS) is 20.4. The van der Waals surface area contributed by atoms with E-state index in [0.29, 0.717) is 0 Å². The average molecular weight is 136 g/mol. The molecule has 1 aliphatic carbocycles. The summed E-state index contributed by atoms with van der Waals surface area (Å²) in [7, 11) is 0. The van der Waals surface area contributed by atoms with Gasteiger partial charge in [0.2, 0.25) is 0 Å². The van der Waals surface area contributed by atoms with Crippen LogP contribution in [0.3, 0.4) is 0 Å². The van der Waals surface area contributed by atoms with Gasteiger partial charge in [0.05, 0.1) is 0 Å². The van der Waals surface area contributed by atoms with Gasteiger partial charge in [-0.25, -0.2) is 0 Å². The largest absolute Gasteiger partial charge is 0.103 e. The molecular formula is C10H16. The molecule has 1 aliphatic rings. The van der Waals surface area contributed by atoms with E-state index in [1.165, 1.54) is 25.7 Å². The summed E-state index contributed by atoms with van der Waals surface area (Å²) in [6.07, 6.45) is 13.3. The molecule has 0 N–H and O–H groups in total. The summed E-state index contributed by atoms with van der Waals surface area (Å²) in [5, 5.41) is 0. The third-order valence-electron chi connectivity index (χ3n) is 2.11. The fraction of sp³-hybridized carbons (Fsp3) is 0.600. The van der Waals surface area contributed by atoms with Gasteiger partial charge in [-0.15, -0.1) is 6.58 Å². The summed E-state index contributed by atoms with van der Waals surface area (Å²) >= 11 is 0. The molecule has 10 heavy (non-hydrogen) atoms. The Balaban J connectivity index is 2.16. The van der Waals surface area contributed by atoms with Crippen LogP contribution in [0.5, 0.6) is 0 Å². The Hall–Kier alpha value is -0.520. The SMILES string of the molecule is C=CC/C=C/C1CCCC1. The van der Waals surface area contributed by atoms with Crippen LogP contribution < -0.4 is 0 Å². The minimum Gasteiger partial charge on any atom is -0.103 e. The van der Waals surface area contributed by atoms with Crippen molar-refractivity contribution in [2.45, 2.75) is 32.1 Å². The summed E-state index contributed by atoms with van der Waals surface area (Å²) in [4.78, 5) is 0. The molecule has 0 spiro atoms. The van der Waals surface area contributed by atoms with Crippen LogP contribution in [-0.4, -0.2) is 0 Å². The van der Waals surface area contributed by atoms with E-state index in [0.717, 1.165) is 12.3 Å². The van der Waals surface area contributed by atoms with Crippen molar-refractivity contribution in [3.05, 3.63) is 24.8 Å². The van der Waals surface area contributed by atoms with Gasteiger partial charge in [-0.2, -0.15) is 0 Å². The highest BCUT2D eigenvalue weighted by Gasteiger charge is 2.10. The molecule has 0 heteroatoms. The zero-order chi connectivity index (χ0) is 7.23. The average Bonchev–Trinajstić information content (AvgIpc) is 2.41. The van der Waals surface area contributed by atoms with Crippen LogP contribution in [0.15, 0.2) is 24.8 Å².